The summed E-state index contributed by atoms with van der Waals surface area (Å²) in [6, 6.07) is 14.5. The van der Waals surface area contributed by atoms with Crippen LogP contribution in [-0.2, 0) is 4.79 Å². The second-order valence-electron chi connectivity index (χ2n) is 5.52. The zero-order valence-corrected chi connectivity index (χ0v) is 14.2. The molecule has 23 heavy (non-hydrogen) atoms. The highest BCUT2D eigenvalue weighted by atomic mass is 32.2. The summed E-state index contributed by atoms with van der Waals surface area (Å²) in [5.74, 6) is 2.10. The minimum atomic E-state index is -0.114. The summed E-state index contributed by atoms with van der Waals surface area (Å²) >= 11 is 3.46. The fourth-order valence-corrected chi connectivity index (χ4v) is 4.60. The molecule has 4 rings (SSSR count). The molecule has 0 aliphatic carbocycles. The number of fused-ring (bicyclic) bond motifs is 1. The maximum Gasteiger partial charge on any atom is 0.286 e. The predicted molar refractivity (Wildman–Crippen MR) is 101 cm³/mol. The van der Waals surface area contributed by atoms with Crippen molar-refractivity contribution in [2.45, 2.75) is 0 Å². The van der Waals surface area contributed by atoms with Crippen LogP contribution in [0.15, 0.2) is 52.4 Å². The maximum atomic E-state index is 12.2. The quantitative estimate of drug-likeness (QED) is 0.738. The normalized spacial score (nSPS) is 20.3. The summed E-state index contributed by atoms with van der Waals surface area (Å²) in [5, 5.41) is 3.26. The fourth-order valence-electron chi connectivity index (χ4n) is 2.74. The average molecular weight is 340 g/mol. The van der Waals surface area contributed by atoms with E-state index in [0.717, 1.165) is 35.3 Å². The number of rotatable bonds is 1. The number of benzene rings is 2. The molecule has 2 aliphatic rings. The van der Waals surface area contributed by atoms with E-state index in [1.807, 2.05) is 30.0 Å². The van der Waals surface area contributed by atoms with Crippen LogP contribution in [-0.4, -0.2) is 40.6 Å². The van der Waals surface area contributed by atoms with Crippen molar-refractivity contribution in [1.82, 2.24) is 4.90 Å². The average Bonchev–Trinajstić information content (AvgIpc) is 2.96. The SMILES string of the molecule is O=C1N=C(N2CCSCC2)S/C1=C\c1ccc2ccccc2c1. The van der Waals surface area contributed by atoms with Gasteiger partial charge in [-0.25, -0.2) is 0 Å². The first-order valence-corrected chi connectivity index (χ1v) is 9.61. The molecule has 1 saturated heterocycles. The molecule has 1 fully saturated rings. The van der Waals surface area contributed by atoms with Crippen LogP contribution in [0.25, 0.3) is 16.8 Å². The molecule has 0 radical (unpaired) electrons. The van der Waals surface area contributed by atoms with Gasteiger partial charge in [0.05, 0.1) is 4.91 Å². The number of carbonyl (C=O) groups is 1. The van der Waals surface area contributed by atoms with Crippen molar-refractivity contribution in [2.75, 3.05) is 24.6 Å². The van der Waals surface area contributed by atoms with Gasteiger partial charge in [-0.1, -0.05) is 36.4 Å². The van der Waals surface area contributed by atoms with Crippen LogP contribution in [0.5, 0.6) is 0 Å². The van der Waals surface area contributed by atoms with E-state index in [1.54, 1.807) is 0 Å². The van der Waals surface area contributed by atoms with Crippen LogP contribution in [0.2, 0.25) is 0 Å². The van der Waals surface area contributed by atoms with Gasteiger partial charge < -0.3 is 4.90 Å². The Morgan fingerprint density at radius 2 is 1.83 bits per heavy atom. The zero-order valence-electron chi connectivity index (χ0n) is 12.6. The van der Waals surface area contributed by atoms with E-state index < -0.39 is 0 Å². The number of amides is 1. The van der Waals surface area contributed by atoms with Crippen LogP contribution < -0.4 is 0 Å². The molecule has 0 N–H and O–H groups in total. The topological polar surface area (TPSA) is 32.7 Å². The van der Waals surface area contributed by atoms with Gasteiger partial charge in [-0.05, 0) is 40.2 Å². The van der Waals surface area contributed by atoms with Crippen LogP contribution in [0.1, 0.15) is 5.56 Å². The van der Waals surface area contributed by atoms with E-state index >= 15 is 0 Å². The van der Waals surface area contributed by atoms with Crippen LogP contribution in [0.3, 0.4) is 0 Å². The molecular weight excluding hydrogens is 324 g/mol. The van der Waals surface area contributed by atoms with Crippen molar-refractivity contribution in [2.24, 2.45) is 4.99 Å². The Bertz CT molecular complexity index is 823. The van der Waals surface area contributed by atoms with Gasteiger partial charge in [0.25, 0.3) is 5.91 Å². The molecule has 5 heteroatoms. The minimum Gasteiger partial charge on any atom is -0.349 e. The second-order valence-corrected chi connectivity index (χ2v) is 7.75. The molecule has 0 saturated carbocycles. The molecule has 2 aliphatic heterocycles. The van der Waals surface area contributed by atoms with Gasteiger partial charge in [0.15, 0.2) is 5.17 Å². The molecule has 116 valence electrons. The molecule has 2 aromatic carbocycles. The minimum absolute atomic E-state index is 0.114. The summed E-state index contributed by atoms with van der Waals surface area (Å²) in [5.41, 5.74) is 1.05. The Labute approximate surface area is 143 Å². The number of hydrogen-bond acceptors (Lipinski definition) is 4. The molecule has 0 bridgehead atoms. The summed E-state index contributed by atoms with van der Waals surface area (Å²) in [7, 11) is 0. The lowest BCUT2D eigenvalue weighted by Gasteiger charge is -2.26. The lowest BCUT2D eigenvalue weighted by atomic mass is 10.1. The zero-order chi connectivity index (χ0) is 15.6. The first-order valence-electron chi connectivity index (χ1n) is 7.64. The number of aliphatic imine (C=N–C) groups is 1. The van der Waals surface area contributed by atoms with Gasteiger partial charge in [0.1, 0.15) is 0 Å². The van der Waals surface area contributed by atoms with Gasteiger partial charge in [0, 0.05) is 24.6 Å². The molecule has 2 heterocycles. The number of amidine groups is 1. The standard InChI is InChI=1S/C18H16N2OS2/c21-17-16(23-18(19-17)20-7-9-22-10-8-20)12-13-5-6-14-3-1-2-4-15(14)11-13/h1-6,11-12H,7-10H2/b16-12-. The molecule has 0 atom stereocenters. The second kappa shape index (κ2) is 6.42. The van der Waals surface area contributed by atoms with Crippen LogP contribution >= 0.6 is 23.5 Å². The Balaban J connectivity index is 1.57. The van der Waals surface area contributed by atoms with E-state index in [-0.39, 0.29) is 5.91 Å². The Kier molecular flexibility index (Phi) is 4.14. The van der Waals surface area contributed by atoms with E-state index in [1.165, 1.54) is 22.5 Å². The first-order chi connectivity index (χ1) is 11.3. The molecule has 0 aromatic heterocycles. The molecule has 0 spiro atoms. The maximum absolute atomic E-state index is 12.2. The van der Waals surface area contributed by atoms with Crippen LogP contribution in [0, 0.1) is 0 Å². The highest BCUT2D eigenvalue weighted by Crippen LogP contribution is 2.31. The number of nitrogens with zero attached hydrogens (tertiary/aromatic N) is 2. The Hall–Kier alpha value is -1.72. The number of hydrogen-bond donors (Lipinski definition) is 0. The highest BCUT2D eigenvalue weighted by Gasteiger charge is 2.26. The van der Waals surface area contributed by atoms with Gasteiger partial charge in [-0.2, -0.15) is 16.8 Å². The molecule has 0 unspecified atom stereocenters. The van der Waals surface area contributed by atoms with Crippen molar-refractivity contribution in [3.8, 4) is 0 Å². The van der Waals surface area contributed by atoms with E-state index in [2.05, 4.69) is 40.2 Å². The number of thioether (sulfide) groups is 2. The largest absolute Gasteiger partial charge is 0.349 e. The van der Waals surface area contributed by atoms with Crippen molar-refractivity contribution in [3.05, 3.63) is 52.9 Å². The van der Waals surface area contributed by atoms with Gasteiger partial charge in [-0.3, -0.25) is 4.79 Å². The van der Waals surface area contributed by atoms with E-state index in [9.17, 15) is 4.79 Å². The number of carbonyl (C=O) groups excluding carboxylic acids is 1. The molecular formula is C18H16N2OS2. The smallest absolute Gasteiger partial charge is 0.286 e. The van der Waals surface area contributed by atoms with E-state index in [4.69, 9.17) is 0 Å². The fraction of sp³-hybridized carbons (Fsp3) is 0.222. The summed E-state index contributed by atoms with van der Waals surface area (Å²) in [4.78, 5) is 19.4. The van der Waals surface area contributed by atoms with Crippen molar-refractivity contribution in [3.63, 3.8) is 0 Å². The van der Waals surface area contributed by atoms with Crippen molar-refractivity contribution < 1.29 is 4.79 Å². The molecule has 1 amide bonds. The van der Waals surface area contributed by atoms with Crippen molar-refractivity contribution in [1.29, 1.82) is 0 Å². The third kappa shape index (κ3) is 3.16. The third-order valence-electron chi connectivity index (χ3n) is 3.96. The molecule has 2 aromatic rings. The summed E-state index contributed by atoms with van der Waals surface area (Å²) < 4.78 is 0. The van der Waals surface area contributed by atoms with Gasteiger partial charge in [-0.15, -0.1) is 0 Å². The Morgan fingerprint density at radius 1 is 1.04 bits per heavy atom. The van der Waals surface area contributed by atoms with Gasteiger partial charge >= 0.3 is 0 Å². The monoisotopic (exact) mass is 340 g/mol. The molecule has 3 nitrogen and oxygen atoms in total. The van der Waals surface area contributed by atoms with Crippen molar-refractivity contribution >= 4 is 51.4 Å². The van der Waals surface area contributed by atoms with E-state index in [0.29, 0.717) is 4.91 Å². The summed E-state index contributed by atoms with van der Waals surface area (Å²) in [6.45, 7) is 1.96. The Morgan fingerprint density at radius 3 is 2.65 bits per heavy atom. The predicted octanol–water partition coefficient (Wildman–Crippen LogP) is 3.86. The third-order valence-corrected chi connectivity index (χ3v) is 5.95. The lowest BCUT2D eigenvalue weighted by molar-refractivity contribution is -0.113. The van der Waals surface area contributed by atoms with Gasteiger partial charge in [0.2, 0.25) is 0 Å². The highest BCUT2D eigenvalue weighted by molar-refractivity contribution is 8.18. The lowest BCUT2D eigenvalue weighted by Crippen LogP contribution is -2.35. The first kappa shape index (κ1) is 14.8. The van der Waals surface area contributed by atoms with Crippen LogP contribution in [0.4, 0.5) is 0 Å². The summed E-state index contributed by atoms with van der Waals surface area (Å²) in [6.07, 6.45) is 1.95.